The molecule has 2 aromatic carbocycles. The van der Waals surface area contributed by atoms with E-state index in [1.165, 1.54) is 12.7 Å². The van der Waals surface area contributed by atoms with Gasteiger partial charge in [-0.25, -0.2) is 0 Å². The Morgan fingerprint density at radius 3 is 2.40 bits per heavy atom. The molecule has 0 aliphatic rings. The van der Waals surface area contributed by atoms with E-state index < -0.39 is 0 Å². The van der Waals surface area contributed by atoms with Crippen molar-refractivity contribution < 1.29 is 9.57 Å². The van der Waals surface area contributed by atoms with Crippen molar-refractivity contribution in [1.29, 1.82) is 5.26 Å². The summed E-state index contributed by atoms with van der Waals surface area (Å²) in [7, 11) is 1.43. The third-order valence-electron chi connectivity index (χ3n) is 4.47. The van der Waals surface area contributed by atoms with Crippen molar-refractivity contribution in [1.82, 2.24) is 0 Å². The molecular weight excluding hydrogens is 312 g/mol. The molecule has 2 aromatic rings. The first-order valence-corrected chi connectivity index (χ1v) is 8.34. The van der Waals surface area contributed by atoms with Gasteiger partial charge < -0.3 is 9.57 Å². The molecule has 0 heterocycles. The summed E-state index contributed by atoms with van der Waals surface area (Å²) in [6.45, 7) is 7.02. The molecule has 130 valence electrons. The second-order valence-electron chi connectivity index (χ2n) is 6.44. The lowest BCUT2D eigenvalue weighted by Gasteiger charge is -2.23. The zero-order valence-electron chi connectivity index (χ0n) is 15.2. The summed E-state index contributed by atoms with van der Waals surface area (Å²) in [6, 6.07) is 17.8. The molecule has 0 bridgehead atoms. The van der Waals surface area contributed by atoms with Gasteiger partial charge in [0.15, 0.2) is 5.71 Å². The van der Waals surface area contributed by atoms with Crippen molar-refractivity contribution in [2.75, 3.05) is 7.11 Å². The maximum atomic E-state index is 9.25. The predicted octanol–water partition coefficient (Wildman–Crippen LogP) is 4.83. The van der Waals surface area contributed by atoms with Gasteiger partial charge in [-0.1, -0.05) is 62.3 Å². The molecule has 0 fully saturated rings. The van der Waals surface area contributed by atoms with E-state index in [0.717, 1.165) is 23.3 Å². The third-order valence-corrected chi connectivity index (χ3v) is 4.47. The molecule has 0 spiro atoms. The minimum absolute atomic E-state index is 0.156. The van der Waals surface area contributed by atoms with Gasteiger partial charge in [-0.2, -0.15) is 5.26 Å². The highest BCUT2D eigenvalue weighted by Gasteiger charge is 2.17. The number of nitriles is 1. The fraction of sp³-hybridized carbons (Fsp3) is 0.333. The Labute approximate surface area is 149 Å². The number of nitrogens with zero attached hydrogens (tertiary/aromatic N) is 2. The lowest BCUT2D eigenvalue weighted by Crippen LogP contribution is -2.15. The Kier molecular flexibility index (Phi) is 6.19. The van der Waals surface area contributed by atoms with E-state index in [0.29, 0.717) is 6.61 Å². The van der Waals surface area contributed by atoms with Crippen LogP contribution in [0.1, 0.15) is 43.9 Å². The van der Waals surface area contributed by atoms with Gasteiger partial charge >= 0.3 is 0 Å². The molecule has 4 heteroatoms. The number of oxime groups is 1. The number of hydrogen-bond acceptors (Lipinski definition) is 4. The van der Waals surface area contributed by atoms with E-state index >= 15 is 0 Å². The Balaban J connectivity index is 2.15. The van der Waals surface area contributed by atoms with Crippen LogP contribution in [0.25, 0.3) is 0 Å². The quantitative estimate of drug-likeness (QED) is 0.537. The van der Waals surface area contributed by atoms with Crippen molar-refractivity contribution in [2.24, 2.45) is 5.16 Å². The summed E-state index contributed by atoms with van der Waals surface area (Å²) < 4.78 is 5.90. The molecule has 0 saturated carbocycles. The summed E-state index contributed by atoms with van der Waals surface area (Å²) in [5.74, 6) is 0.799. The molecule has 0 aromatic heterocycles. The fourth-order valence-electron chi connectivity index (χ4n) is 2.47. The zero-order chi connectivity index (χ0) is 18.3. The van der Waals surface area contributed by atoms with Gasteiger partial charge in [0.2, 0.25) is 0 Å². The molecule has 0 unspecified atom stereocenters. The van der Waals surface area contributed by atoms with Crippen LogP contribution in [0.5, 0.6) is 5.75 Å². The molecule has 0 N–H and O–H groups in total. The lowest BCUT2D eigenvalue weighted by molar-refractivity contribution is 0.214. The standard InChI is InChI=1S/C21H24N2O2/c1-5-21(2,3)17-10-12-18(13-11-17)25-15-16-8-6-7-9-19(16)20(14-22)23-24-4/h6-13H,5,15H2,1-4H3. The highest BCUT2D eigenvalue weighted by atomic mass is 16.6. The van der Waals surface area contributed by atoms with Gasteiger partial charge in [-0.15, -0.1) is 0 Å². The second kappa shape index (κ2) is 8.34. The van der Waals surface area contributed by atoms with Crippen LogP contribution in [-0.2, 0) is 16.9 Å². The van der Waals surface area contributed by atoms with E-state index in [4.69, 9.17) is 9.57 Å². The van der Waals surface area contributed by atoms with Crippen LogP contribution in [0.15, 0.2) is 53.7 Å². The van der Waals surface area contributed by atoms with Gasteiger partial charge in [0, 0.05) is 5.56 Å². The summed E-state index contributed by atoms with van der Waals surface area (Å²) in [6.07, 6.45) is 1.08. The molecule has 0 radical (unpaired) electrons. The van der Waals surface area contributed by atoms with Crippen LogP contribution in [0.4, 0.5) is 0 Å². The van der Waals surface area contributed by atoms with Crippen LogP contribution in [0, 0.1) is 11.3 Å². The maximum Gasteiger partial charge on any atom is 0.187 e. The van der Waals surface area contributed by atoms with E-state index in [-0.39, 0.29) is 11.1 Å². The van der Waals surface area contributed by atoms with Crippen LogP contribution in [0.2, 0.25) is 0 Å². The highest BCUT2D eigenvalue weighted by Crippen LogP contribution is 2.28. The third kappa shape index (κ3) is 4.60. The van der Waals surface area contributed by atoms with E-state index in [1.807, 2.05) is 36.4 Å². The topological polar surface area (TPSA) is 54.6 Å². The molecule has 4 nitrogen and oxygen atoms in total. The van der Waals surface area contributed by atoms with Crippen molar-refractivity contribution in [3.8, 4) is 11.8 Å². The number of hydrogen-bond donors (Lipinski definition) is 0. The van der Waals surface area contributed by atoms with Gasteiger partial charge in [-0.3, -0.25) is 0 Å². The molecule has 2 rings (SSSR count). The smallest absolute Gasteiger partial charge is 0.187 e. The molecule has 0 atom stereocenters. The monoisotopic (exact) mass is 336 g/mol. The molecule has 0 aliphatic carbocycles. The Morgan fingerprint density at radius 1 is 1.12 bits per heavy atom. The first kappa shape index (κ1) is 18.5. The summed E-state index contributed by atoms with van der Waals surface area (Å²) in [4.78, 5) is 4.75. The lowest BCUT2D eigenvalue weighted by atomic mass is 9.82. The van der Waals surface area contributed by atoms with Gasteiger partial charge in [0.05, 0.1) is 0 Å². The predicted molar refractivity (Wildman–Crippen MR) is 99.7 cm³/mol. The van der Waals surface area contributed by atoms with Crippen LogP contribution < -0.4 is 4.74 Å². The summed E-state index contributed by atoms with van der Waals surface area (Å²) in [5, 5.41) is 13.0. The van der Waals surface area contributed by atoms with Crippen molar-refractivity contribution in [3.63, 3.8) is 0 Å². The van der Waals surface area contributed by atoms with E-state index in [2.05, 4.69) is 44.1 Å². The number of rotatable bonds is 7. The largest absolute Gasteiger partial charge is 0.489 e. The second-order valence-corrected chi connectivity index (χ2v) is 6.44. The van der Waals surface area contributed by atoms with E-state index in [1.54, 1.807) is 0 Å². The van der Waals surface area contributed by atoms with Crippen LogP contribution in [-0.4, -0.2) is 12.8 Å². The normalized spacial score (nSPS) is 11.7. The van der Waals surface area contributed by atoms with Gasteiger partial charge in [0.25, 0.3) is 0 Å². The summed E-state index contributed by atoms with van der Waals surface area (Å²) in [5.41, 5.74) is 3.29. The molecule has 25 heavy (non-hydrogen) atoms. The first-order valence-electron chi connectivity index (χ1n) is 8.34. The number of benzene rings is 2. The van der Waals surface area contributed by atoms with E-state index in [9.17, 15) is 5.26 Å². The van der Waals surface area contributed by atoms with Crippen molar-refractivity contribution >= 4 is 5.71 Å². The highest BCUT2D eigenvalue weighted by molar-refractivity contribution is 6.12. The zero-order valence-corrected chi connectivity index (χ0v) is 15.2. The summed E-state index contributed by atoms with van der Waals surface area (Å²) >= 11 is 0. The van der Waals surface area contributed by atoms with Crippen molar-refractivity contribution in [3.05, 3.63) is 65.2 Å². The van der Waals surface area contributed by atoms with Crippen molar-refractivity contribution in [2.45, 2.75) is 39.2 Å². The van der Waals surface area contributed by atoms with Crippen LogP contribution >= 0.6 is 0 Å². The number of ether oxygens (including phenoxy) is 1. The van der Waals surface area contributed by atoms with Gasteiger partial charge in [0.1, 0.15) is 25.5 Å². The Bertz CT molecular complexity index is 771. The minimum atomic E-state index is 0.156. The molecule has 0 aliphatic heterocycles. The Morgan fingerprint density at radius 2 is 1.80 bits per heavy atom. The SMILES string of the molecule is CCC(C)(C)c1ccc(OCc2ccccc2C(C#N)=NOC)cc1. The maximum absolute atomic E-state index is 9.25. The molecule has 0 saturated heterocycles. The molecular formula is C21H24N2O2. The Hall–Kier alpha value is -2.80. The fourth-order valence-corrected chi connectivity index (χ4v) is 2.47. The minimum Gasteiger partial charge on any atom is -0.489 e. The average molecular weight is 336 g/mol. The van der Waals surface area contributed by atoms with Crippen LogP contribution in [0.3, 0.4) is 0 Å². The first-order chi connectivity index (χ1) is 12.0. The average Bonchev–Trinajstić information content (AvgIpc) is 2.65. The van der Waals surface area contributed by atoms with Gasteiger partial charge in [-0.05, 0) is 35.1 Å². The molecule has 0 amide bonds.